The topological polar surface area (TPSA) is 105 Å². The molecule has 0 saturated carbocycles. The maximum absolute atomic E-state index is 12.9. The minimum Gasteiger partial charge on any atom is -0.455 e. The fraction of sp³-hybridized carbons (Fsp3) is 0.267. The van der Waals surface area contributed by atoms with Gasteiger partial charge in [0.25, 0.3) is 11.8 Å². The molecule has 4 rings (SSSR count). The van der Waals surface area contributed by atoms with Crippen LogP contribution in [0.1, 0.15) is 40.9 Å². The molecule has 1 aliphatic rings. The Labute approximate surface area is 222 Å². The van der Waals surface area contributed by atoms with Crippen molar-refractivity contribution in [3.05, 3.63) is 102 Å². The van der Waals surface area contributed by atoms with Crippen LogP contribution >= 0.6 is 0 Å². The molecule has 3 aromatic rings. The molecule has 1 saturated heterocycles. The van der Waals surface area contributed by atoms with Crippen molar-refractivity contribution in [1.29, 1.82) is 0 Å². The van der Waals surface area contributed by atoms with Crippen molar-refractivity contribution < 1.29 is 23.9 Å². The Kier molecular flexibility index (Phi) is 8.87. The molecule has 0 unspecified atom stereocenters. The van der Waals surface area contributed by atoms with E-state index in [9.17, 15) is 19.2 Å². The minimum absolute atomic E-state index is 0.0673. The van der Waals surface area contributed by atoms with Gasteiger partial charge in [-0.2, -0.15) is 0 Å². The van der Waals surface area contributed by atoms with Crippen LogP contribution in [0.2, 0.25) is 0 Å². The van der Waals surface area contributed by atoms with Gasteiger partial charge >= 0.3 is 5.97 Å². The summed E-state index contributed by atoms with van der Waals surface area (Å²) in [6, 6.07) is 25.8. The van der Waals surface area contributed by atoms with Crippen molar-refractivity contribution in [3.63, 3.8) is 0 Å². The zero-order chi connectivity index (χ0) is 26.9. The molecular formula is C30H31N3O5. The van der Waals surface area contributed by atoms with Gasteiger partial charge in [0.2, 0.25) is 5.91 Å². The van der Waals surface area contributed by atoms with Gasteiger partial charge in [-0.05, 0) is 36.6 Å². The van der Waals surface area contributed by atoms with E-state index in [1.54, 1.807) is 29.2 Å². The molecule has 2 atom stereocenters. The summed E-state index contributed by atoms with van der Waals surface area (Å²) >= 11 is 0. The third-order valence-corrected chi connectivity index (χ3v) is 6.50. The third kappa shape index (κ3) is 7.06. The van der Waals surface area contributed by atoms with Crippen LogP contribution in [0, 0.1) is 5.92 Å². The van der Waals surface area contributed by atoms with Gasteiger partial charge < -0.3 is 20.3 Å². The fourth-order valence-corrected chi connectivity index (χ4v) is 4.39. The number of esters is 1. The molecule has 3 amide bonds. The molecule has 38 heavy (non-hydrogen) atoms. The van der Waals surface area contributed by atoms with Crippen molar-refractivity contribution in [1.82, 2.24) is 10.2 Å². The van der Waals surface area contributed by atoms with E-state index in [1.165, 1.54) is 0 Å². The van der Waals surface area contributed by atoms with E-state index in [-0.39, 0.29) is 30.8 Å². The number of anilines is 1. The number of carbonyl (C=O) groups is 4. The summed E-state index contributed by atoms with van der Waals surface area (Å²) in [5.74, 6) is -2.20. The van der Waals surface area contributed by atoms with Crippen molar-refractivity contribution in [2.45, 2.75) is 25.8 Å². The third-order valence-electron chi connectivity index (χ3n) is 6.50. The number of carbonyl (C=O) groups excluding carboxylic acids is 4. The Balaban J connectivity index is 1.26. The van der Waals surface area contributed by atoms with E-state index in [0.717, 1.165) is 11.1 Å². The first kappa shape index (κ1) is 26.6. The number of hydrogen-bond donors (Lipinski definition) is 2. The molecule has 196 valence electrons. The summed E-state index contributed by atoms with van der Waals surface area (Å²) in [7, 11) is 0. The second-order valence-corrected chi connectivity index (χ2v) is 9.28. The molecule has 0 radical (unpaired) electrons. The van der Waals surface area contributed by atoms with Gasteiger partial charge in [0.05, 0.1) is 23.2 Å². The Morgan fingerprint density at radius 1 is 0.947 bits per heavy atom. The first-order chi connectivity index (χ1) is 18.4. The van der Waals surface area contributed by atoms with Gasteiger partial charge in [0.15, 0.2) is 6.61 Å². The average Bonchev–Trinajstić information content (AvgIpc) is 3.32. The number of ether oxygens (including phenoxy) is 1. The lowest BCUT2D eigenvalue weighted by Gasteiger charge is -2.17. The average molecular weight is 514 g/mol. The normalized spacial score (nSPS) is 15.6. The second kappa shape index (κ2) is 12.7. The lowest BCUT2D eigenvalue weighted by atomic mass is 10.1. The highest BCUT2D eigenvalue weighted by Crippen LogP contribution is 2.21. The summed E-state index contributed by atoms with van der Waals surface area (Å²) in [6.45, 7) is 2.16. The number of amides is 3. The number of hydrogen-bond acceptors (Lipinski definition) is 5. The number of para-hydroxylation sites is 1. The van der Waals surface area contributed by atoms with Gasteiger partial charge in [-0.15, -0.1) is 0 Å². The molecular weight excluding hydrogens is 482 g/mol. The molecule has 0 bridgehead atoms. The van der Waals surface area contributed by atoms with Crippen molar-refractivity contribution in [2.75, 3.05) is 25.0 Å². The Hall–Kier alpha value is -4.46. The maximum atomic E-state index is 12.9. The predicted molar refractivity (Wildman–Crippen MR) is 143 cm³/mol. The standard InChI is InChI=1S/C30H31N3O5/c1-21(23-12-6-3-7-13-23)31-29(36)25-14-8-9-15-26(25)32-27(34)20-38-30(37)24-18-28(35)33(19-24)17-16-22-10-4-2-5-11-22/h2-15,21,24H,16-20H2,1H3,(H,31,36)(H,32,34)/t21-,24+/m0/s1. The number of rotatable bonds is 10. The lowest BCUT2D eigenvalue weighted by Crippen LogP contribution is -2.30. The van der Waals surface area contributed by atoms with E-state index in [1.807, 2.05) is 67.6 Å². The molecule has 0 aliphatic carbocycles. The van der Waals surface area contributed by atoms with Crippen LogP contribution in [0.4, 0.5) is 5.69 Å². The van der Waals surface area contributed by atoms with Gasteiger partial charge in [-0.3, -0.25) is 19.2 Å². The molecule has 0 spiro atoms. The molecule has 1 heterocycles. The van der Waals surface area contributed by atoms with E-state index < -0.39 is 24.4 Å². The van der Waals surface area contributed by atoms with Crippen LogP contribution in [0.25, 0.3) is 0 Å². The van der Waals surface area contributed by atoms with Gasteiger partial charge in [-0.1, -0.05) is 72.8 Å². The van der Waals surface area contributed by atoms with Crippen LogP contribution in [-0.2, 0) is 25.5 Å². The lowest BCUT2D eigenvalue weighted by molar-refractivity contribution is -0.151. The monoisotopic (exact) mass is 513 g/mol. The highest BCUT2D eigenvalue weighted by atomic mass is 16.5. The number of nitrogens with zero attached hydrogens (tertiary/aromatic N) is 1. The summed E-state index contributed by atoms with van der Waals surface area (Å²) in [6.07, 6.45) is 0.770. The molecule has 1 aliphatic heterocycles. The van der Waals surface area contributed by atoms with E-state index in [2.05, 4.69) is 10.6 Å². The fourth-order valence-electron chi connectivity index (χ4n) is 4.39. The quantitative estimate of drug-likeness (QED) is 0.402. The first-order valence-corrected chi connectivity index (χ1v) is 12.6. The Bertz CT molecular complexity index is 1280. The second-order valence-electron chi connectivity index (χ2n) is 9.28. The van der Waals surface area contributed by atoms with Gasteiger partial charge in [-0.25, -0.2) is 0 Å². The number of benzene rings is 3. The van der Waals surface area contributed by atoms with Crippen molar-refractivity contribution in [3.8, 4) is 0 Å². The predicted octanol–water partition coefficient (Wildman–Crippen LogP) is 3.75. The zero-order valence-electron chi connectivity index (χ0n) is 21.3. The summed E-state index contributed by atoms with van der Waals surface area (Å²) in [5, 5.41) is 5.58. The molecule has 8 heteroatoms. The highest BCUT2D eigenvalue weighted by Gasteiger charge is 2.35. The first-order valence-electron chi connectivity index (χ1n) is 12.6. The van der Waals surface area contributed by atoms with Crippen molar-refractivity contribution >= 4 is 29.4 Å². The Morgan fingerprint density at radius 3 is 2.34 bits per heavy atom. The van der Waals surface area contributed by atoms with Gasteiger partial charge in [0.1, 0.15) is 0 Å². The number of nitrogens with one attached hydrogen (secondary N) is 2. The number of likely N-dealkylation sites (tertiary alicyclic amines) is 1. The summed E-state index contributed by atoms with van der Waals surface area (Å²) in [4.78, 5) is 52.0. The van der Waals surface area contributed by atoms with Crippen LogP contribution in [0.15, 0.2) is 84.9 Å². The SMILES string of the molecule is C[C@H](NC(=O)c1ccccc1NC(=O)COC(=O)[C@@H]1CC(=O)N(CCc2ccccc2)C1)c1ccccc1. The van der Waals surface area contributed by atoms with Gasteiger partial charge in [0, 0.05) is 19.5 Å². The highest BCUT2D eigenvalue weighted by molar-refractivity contribution is 6.04. The zero-order valence-corrected chi connectivity index (χ0v) is 21.3. The smallest absolute Gasteiger partial charge is 0.311 e. The maximum Gasteiger partial charge on any atom is 0.311 e. The molecule has 0 aromatic heterocycles. The summed E-state index contributed by atoms with van der Waals surface area (Å²) in [5.41, 5.74) is 2.68. The molecule has 2 N–H and O–H groups in total. The largest absolute Gasteiger partial charge is 0.455 e. The molecule has 8 nitrogen and oxygen atoms in total. The Morgan fingerprint density at radius 2 is 1.61 bits per heavy atom. The van der Waals surface area contributed by atoms with Crippen LogP contribution < -0.4 is 10.6 Å². The minimum atomic E-state index is -0.608. The molecule has 3 aromatic carbocycles. The van der Waals surface area contributed by atoms with Crippen molar-refractivity contribution in [2.24, 2.45) is 5.92 Å². The van der Waals surface area contributed by atoms with Crippen LogP contribution in [-0.4, -0.2) is 48.3 Å². The summed E-state index contributed by atoms with van der Waals surface area (Å²) < 4.78 is 5.21. The van der Waals surface area contributed by atoms with E-state index >= 15 is 0 Å². The molecule has 1 fully saturated rings. The van der Waals surface area contributed by atoms with E-state index in [0.29, 0.717) is 24.2 Å². The van der Waals surface area contributed by atoms with Crippen LogP contribution in [0.3, 0.4) is 0 Å². The van der Waals surface area contributed by atoms with E-state index in [4.69, 9.17) is 4.74 Å². The van der Waals surface area contributed by atoms with Crippen LogP contribution in [0.5, 0.6) is 0 Å².